The molecule has 0 spiro atoms. The van der Waals surface area contributed by atoms with Gasteiger partial charge < -0.3 is 14.9 Å². The van der Waals surface area contributed by atoms with Gasteiger partial charge in [-0.15, -0.1) is 10.2 Å². The van der Waals surface area contributed by atoms with Crippen LogP contribution in [-0.2, 0) is 18.7 Å². The van der Waals surface area contributed by atoms with E-state index < -0.39 is 11.7 Å². The summed E-state index contributed by atoms with van der Waals surface area (Å²) in [4.78, 5) is 31.7. The van der Waals surface area contributed by atoms with E-state index in [1.165, 1.54) is 30.0 Å². The predicted octanol–water partition coefficient (Wildman–Crippen LogP) is 2.94. The van der Waals surface area contributed by atoms with Gasteiger partial charge in [-0.05, 0) is 31.2 Å². The fraction of sp³-hybridized carbons (Fsp3) is 0.227. The van der Waals surface area contributed by atoms with Crippen molar-refractivity contribution in [2.75, 3.05) is 6.54 Å². The molecule has 2 aromatic heterocycles. The Morgan fingerprint density at radius 3 is 2.75 bits per heavy atom. The van der Waals surface area contributed by atoms with Crippen LogP contribution < -0.4 is 10.9 Å². The number of carbonyl (C=O) groups excluding carboxylic acids is 1. The molecule has 0 saturated heterocycles. The summed E-state index contributed by atoms with van der Waals surface area (Å²) in [6.07, 6.45) is 0.451. The highest BCUT2D eigenvalue weighted by atomic mass is 32.2. The van der Waals surface area contributed by atoms with Crippen molar-refractivity contribution in [1.82, 2.24) is 30.0 Å². The van der Waals surface area contributed by atoms with Gasteiger partial charge in [-0.3, -0.25) is 9.59 Å². The fourth-order valence-corrected chi connectivity index (χ4v) is 4.18. The van der Waals surface area contributed by atoms with E-state index in [0.29, 0.717) is 53.0 Å². The van der Waals surface area contributed by atoms with E-state index in [9.17, 15) is 14.0 Å². The standard InChI is InChI=1S/C22H21FN6O2S/c1-2-29-19(11-12-24-20(30)14-7-3-5-9-16(14)23)27-28-22(29)32-13-18-25-17-10-6-4-8-15(17)21(31)26-18/h3-10H,2,11-13H2,1H3,(H,24,30)(H,25,26,31). The van der Waals surface area contributed by atoms with Crippen LogP contribution in [-0.4, -0.2) is 37.2 Å². The number of fused-ring (bicyclic) bond motifs is 1. The number of rotatable bonds is 8. The number of aromatic amines is 1. The van der Waals surface area contributed by atoms with Crippen molar-refractivity contribution in [2.45, 2.75) is 30.8 Å². The van der Waals surface area contributed by atoms with Crippen molar-refractivity contribution >= 4 is 28.6 Å². The molecule has 164 valence electrons. The van der Waals surface area contributed by atoms with Crippen LogP contribution in [0, 0.1) is 5.82 Å². The van der Waals surface area contributed by atoms with E-state index in [2.05, 4.69) is 25.5 Å². The molecule has 0 bridgehead atoms. The minimum atomic E-state index is -0.555. The smallest absolute Gasteiger partial charge is 0.258 e. The maximum Gasteiger partial charge on any atom is 0.258 e. The Kier molecular flexibility index (Phi) is 6.60. The van der Waals surface area contributed by atoms with Gasteiger partial charge in [-0.1, -0.05) is 36.0 Å². The van der Waals surface area contributed by atoms with Crippen LogP contribution in [0.15, 0.2) is 58.5 Å². The van der Waals surface area contributed by atoms with Crippen LogP contribution >= 0.6 is 11.8 Å². The Bertz CT molecular complexity index is 1320. The van der Waals surface area contributed by atoms with Crippen molar-refractivity contribution in [3.63, 3.8) is 0 Å². The van der Waals surface area contributed by atoms with Crippen LogP contribution in [0.4, 0.5) is 4.39 Å². The summed E-state index contributed by atoms with van der Waals surface area (Å²) in [7, 11) is 0. The molecule has 1 amide bonds. The number of para-hydroxylation sites is 1. The number of hydrogen-bond donors (Lipinski definition) is 2. The average molecular weight is 453 g/mol. The molecule has 0 unspecified atom stereocenters. The number of nitrogens with one attached hydrogen (secondary N) is 2. The molecule has 0 atom stereocenters. The number of benzene rings is 2. The number of nitrogens with zero attached hydrogens (tertiary/aromatic N) is 4. The molecule has 0 aliphatic heterocycles. The third-order valence-corrected chi connectivity index (χ3v) is 5.84. The van der Waals surface area contributed by atoms with Crippen molar-refractivity contribution in [3.05, 3.63) is 81.9 Å². The van der Waals surface area contributed by atoms with Crippen molar-refractivity contribution in [2.24, 2.45) is 0 Å². The number of thioether (sulfide) groups is 1. The molecular weight excluding hydrogens is 431 g/mol. The highest BCUT2D eigenvalue weighted by molar-refractivity contribution is 7.98. The second-order valence-corrected chi connectivity index (χ2v) is 7.89. The predicted molar refractivity (Wildman–Crippen MR) is 120 cm³/mol. The van der Waals surface area contributed by atoms with Crippen molar-refractivity contribution in [3.8, 4) is 0 Å². The molecule has 4 rings (SSSR count). The normalized spacial score (nSPS) is 11.1. The summed E-state index contributed by atoms with van der Waals surface area (Å²) in [5, 5.41) is 12.4. The fourth-order valence-electron chi connectivity index (χ4n) is 3.29. The number of H-pyrrole nitrogens is 1. The zero-order valence-electron chi connectivity index (χ0n) is 17.3. The number of carbonyl (C=O) groups is 1. The largest absolute Gasteiger partial charge is 0.351 e. The van der Waals surface area contributed by atoms with Gasteiger partial charge in [0.15, 0.2) is 5.16 Å². The first kappa shape index (κ1) is 21.7. The maximum absolute atomic E-state index is 13.7. The molecule has 2 heterocycles. The number of aromatic nitrogens is 5. The van der Waals surface area contributed by atoms with Crippen molar-refractivity contribution in [1.29, 1.82) is 0 Å². The highest BCUT2D eigenvalue weighted by Crippen LogP contribution is 2.21. The van der Waals surface area contributed by atoms with Crippen LogP contribution in [0.2, 0.25) is 0 Å². The van der Waals surface area contributed by atoms with Gasteiger partial charge in [0.05, 0.1) is 22.2 Å². The second-order valence-electron chi connectivity index (χ2n) is 6.95. The zero-order valence-corrected chi connectivity index (χ0v) is 18.2. The Morgan fingerprint density at radius 2 is 1.94 bits per heavy atom. The Morgan fingerprint density at radius 1 is 1.16 bits per heavy atom. The van der Waals surface area contributed by atoms with Crippen LogP contribution in [0.25, 0.3) is 10.9 Å². The van der Waals surface area contributed by atoms with Gasteiger partial charge in [0.1, 0.15) is 17.5 Å². The molecule has 4 aromatic rings. The van der Waals surface area contributed by atoms with E-state index in [1.54, 1.807) is 24.3 Å². The second kappa shape index (κ2) is 9.73. The lowest BCUT2D eigenvalue weighted by molar-refractivity contribution is 0.0950. The summed E-state index contributed by atoms with van der Waals surface area (Å²) in [5.74, 6) is 0.682. The summed E-state index contributed by atoms with van der Waals surface area (Å²) >= 11 is 1.42. The van der Waals surface area contributed by atoms with Gasteiger partial charge >= 0.3 is 0 Å². The van der Waals surface area contributed by atoms with Gasteiger partial charge in [-0.2, -0.15) is 0 Å². The monoisotopic (exact) mass is 452 g/mol. The summed E-state index contributed by atoms with van der Waals surface area (Å²) in [5.41, 5.74) is 0.488. The third-order valence-electron chi connectivity index (χ3n) is 4.86. The number of amides is 1. The highest BCUT2D eigenvalue weighted by Gasteiger charge is 2.14. The topological polar surface area (TPSA) is 106 Å². The van der Waals surface area contributed by atoms with E-state index >= 15 is 0 Å². The Hall–Kier alpha value is -3.53. The molecule has 32 heavy (non-hydrogen) atoms. The van der Waals surface area contributed by atoms with Crippen LogP contribution in [0.1, 0.15) is 28.9 Å². The number of hydrogen-bond acceptors (Lipinski definition) is 6. The Labute approximate surface area is 187 Å². The first-order chi connectivity index (χ1) is 15.6. The molecule has 0 aliphatic rings. The molecule has 0 fully saturated rings. The third kappa shape index (κ3) is 4.70. The lowest BCUT2D eigenvalue weighted by Gasteiger charge is -2.09. The maximum atomic E-state index is 13.7. The molecular formula is C22H21FN6O2S. The molecule has 10 heteroatoms. The number of halogens is 1. The minimum Gasteiger partial charge on any atom is -0.351 e. The summed E-state index contributed by atoms with van der Waals surface area (Å²) in [6.45, 7) is 2.92. The molecule has 0 saturated carbocycles. The first-order valence-electron chi connectivity index (χ1n) is 10.1. The Balaban J connectivity index is 1.39. The van der Waals surface area contributed by atoms with E-state index in [1.807, 2.05) is 17.6 Å². The van der Waals surface area contributed by atoms with Crippen LogP contribution in [0.5, 0.6) is 0 Å². The molecule has 0 aliphatic carbocycles. The SMILES string of the molecule is CCn1c(CCNC(=O)c2ccccc2F)nnc1SCc1nc2ccccc2c(=O)[nH]1. The van der Waals surface area contributed by atoms with Gasteiger partial charge in [0.25, 0.3) is 11.5 Å². The van der Waals surface area contributed by atoms with Gasteiger partial charge in [0, 0.05) is 19.5 Å². The summed E-state index contributed by atoms with van der Waals surface area (Å²) < 4.78 is 15.7. The lowest BCUT2D eigenvalue weighted by atomic mass is 10.2. The van der Waals surface area contributed by atoms with E-state index in [4.69, 9.17) is 0 Å². The molecule has 2 aromatic carbocycles. The molecule has 2 N–H and O–H groups in total. The zero-order chi connectivity index (χ0) is 22.5. The first-order valence-corrected chi connectivity index (χ1v) is 11.1. The molecule has 0 radical (unpaired) electrons. The van der Waals surface area contributed by atoms with Crippen molar-refractivity contribution < 1.29 is 9.18 Å². The summed E-state index contributed by atoms with van der Waals surface area (Å²) in [6, 6.07) is 13.0. The van der Waals surface area contributed by atoms with Gasteiger partial charge in [0.2, 0.25) is 0 Å². The van der Waals surface area contributed by atoms with Gasteiger partial charge in [-0.25, -0.2) is 9.37 Å². The van der Waals surface area contributed by atoms with E-state index in [0.717, 1.165) is 0 Å². The minimum absolute atomic E-state index is 0.0116. The lowest BCUT2D eigenvalue weighted by Crippen LogP contribution is -2.27. The van der Waals surface area contributed by atoms with E-state index in [-0.39, 0.29) is 11.1 Å². The van der Waals surface area contributed by atoms with Crippen LogP contribution in [0.3, 0.4) is 0 Å². The quantitative estimate of drug-likeness (QED) is 0.398. The average Bonchev–Trinajstić information content (AvgIpc) is 3.19. The molecule has 8 nitrogen and oxygen atoms in total.